The molecule has 0 bridgehead atoms. The zero-order valence-electron chi connectivity index (χ0n) is 14.0. The second kappa shape index (κ2) is 6.44. The summed E-state index contributed by atoms with van der Waals surface area (Å²) in [6.45, 7) is 4.24. The van der Waals surface area contributed by atoms with E-state index in [0.717, 1.165) is 10.9 Å². The summed E-state index contributed by atoms with van der Waals surface area (Å²) < 4.78 is 2.20. The highest BCUT2D eigenvalue weighted by Gasteiger charge is 2.14. The number of rotatable bonds is 3. The topological polar surface area (TPSA) is 28.7 Å². The molecule has 0 saturated carbocycles. The van der Waals surface area contributed by atoms with Crippen LogP contribution in [0.3, 0.4) is 0 Å². The van der Waals surface area contributed by atoms with Crippen LogP contribution in [-0.4, -0.2) is 3.97 Å². The summed E-state index contributed by atoms with van der Waals surface area (Å²) in [7, 11) is 0. The summed E-state index contributed by atoms with van der Waals surface area (Å²) in [5, 5.41) is 12.5. The van der Waals surface area contributed by atoms with Crippen LogP contribution in [0, 0.1) is 25.2 Å². The molecule has 0 saturated heterocycles. The summed E-state index contributed by atoms with van der Waals surface area (Å²) in [4.78, 5) is 2.49. The summed E-state index contributed by atoms with van der Waals surface area (Å²) >= 11 is 3.45. The minimum Gasteiger partial charge on any atom is -0.286 e. The predicted molar refractivity (Wildman–Crippen MR) is 107 cm³/mol. The van der Waals surface area contributed by atoms with Crippen molar-refractivity contribution in [1.29, 1.82) is 5.26 Å². The SMILES string of the molecule is Cc1ccc(Sn2cc(-c3ccsc3C)c3cc(C#N)ccc32)cc1. The van der Waals surface area contributed by atoms with E-state index < -0.39 is 0 Å². The zero-order valence-corrected chi connectivity index (χ0v) is 15.6. The number of benzene rings is 2. The predicted octanol–water partition coefficient (Wildman–Crippen LogP) is 6.41. The van der Waals surface area contributed by atoms with Crippen LogP contribution in [0.5, 0.6) is 0 Å². The fourth-order valence-electron chi connectivity index (χ4n) is 2.94. The lowest BCUT2D eigenvalue weighted by molar-refractivity contribution is 1.30. The third-order valence-electron chi connectivity index (χ3n) is 4.27. The third kappa shape index (κ3) is 2.97. The molecule has 4 heteroatoms. The molecule has 2 aromatic carbocycles. The maximum atomic E-state index is 9.28. The number of hydrogen-bond acceptors (Lipinski definition) is 3. The summed E-state index contributed by atoms with van der Waals surface area (Å²) in [6, 6.07) is 18.9. The van der Waals surface area contributed by atoms with Gasteiger partial charge in [0.2, 0.25) is 0 Å². The van der Waals surface area contributed by atoms with E-state index in [4.69, 9.17) is 0 Å². The molecule has 2 heterocycles. The van der Waals surface area contributed by atoms with E-state index in [1.807, 2.05) is 18.2 Å². The maximum Gasteiger partial charge on any atom is 0.0991 e. The Labute approximate surface area is 155 Å². The van der Waals surface area contributed by atoms with E-state index >= 15 is 0 Å². The molecule has 122 valence electrons. The number of nitrogens with zero attached hydrogens (tertiary/aromatic N) is 2. The third-order valence-corrected chi connectivity index (χ3v) is 6.10. The van der Waals surface area contributed by atoms with E-state index in [0.29, 0.717) is 5.56 Å². The molecule has 4 rings (SSSR count). The van der Waals surface area contributed by atoms with Gasteiger partial charge < -0.3 is 0 Å². The van der Waals surface area contributed by atoms with Gasteiger partial charge >= 0.3 is 0 Å². The van der Waals surface area contributed by atoms with E-state index in [9.17, 15) is 5.26 Å². The van der Waals surface area contributed by atoms with Gasteiger partial charge in [0.05, 0.1) is 17.1 Å². The highest BCUT2D eigenvalue weighted by atomic mass is 32.2. The van der Waals surface area contributed by atoms with Gasteiger partial charge in [0.25, 0.3) is 0 Å². The standard InChI is InChI=1S/C21H16N2S2/c1-14-3-6-17(7-4-14)25-23-13-20(18-9-10-24-15(18)2)19-11-16(12-22)5-8-21(19)23/h3-11,13H,1-2H3. The number of aromatic nitrogens is 1. The van der Waals surface area contributed by atoms with Crippen LogP contribution < -0.4 is 0 Å². The van der Waals surface area contributed by atoms with E-state index in [1.165, 1.54) is 26.5 Å². The van der Waals surface area contributed by atoms with Crippen LogP contribution in [0.1, 0.15) is 16.0 Å². The molecule has 2 aromatic heterocycles. The number of aryl methyl sites for hydroxylation is 2. The average Bonchev–Trinajstić information content (AvgIpc) is 3.20. The first-order valence-electron chi connectivity index (χ1n) is 8.00. The first-order chi connectivity index (χ1) is 12.2. The van der Waals surface area contributed by atoms with Crippen molar-refractivity contribution in [3.8, 4) is 17.2 Å². The highest BCUT2D eigenvalue weighted by molar-refractivity contribution is 7.98. The fourth-order valence-corrected chi connectivity index (χ4v) is 4.55. The summed E-state index contributed by atoms with van der Waals surface area (Å²) in [5.74, 6) is 0. The largest absolute Gasteiger partial charge is 0.286 e. The molecule has 0 aliphatic carbocycles. The van der Waals surface area contributed by atoms with Crippen molar-refractivity contribution >= 4 is 34.2 Å². The van der Waals surface area contributed by atoms with Crippen molar-refractivity contribution in [2.45, 2.75) is 18.7 Å². The highest BCUT2D eigenvalue weighted by Crippen LogP contribution is 2.38. The first-order valence-corrected chi connectivity index (χ1v) is 9.66. The van der Waals surface area contributed by atoms with E-state index in [1.54, 1.807) is 23.3 Å². The molecule has 0 radical (unpaired) electrons. The second-order valence-corrected chi connectivity index (χ2v) is 8.17. The minimum atomic E-state index is 0.694. The lowest BCUT2D eigenvalue weighted by Crippen LogP contribution is -1.85. The molecule has 0 aliphatic rings. The van der Waals surface area contributed by atoms with Gasteiger partial charge in [-0.15, -0.1) is 11.3 Å². The molecule has 4 aromatic rings. The second-order valence-electron chi connectivity index (χ2n) is 6.01. The minimum absolute atomic E-state index is 0.694. The Balaban J connectivity index is 1.89. The van der Waals surface area contributed by atoms with Crippen LogP contribution in [0.15, 0.2) is 65.0 Å². The van der Waals surface area contributed by atoms with Gasteiger partial charge in [0.15, 0.2) is 0 Å². The lowest BCUT2D eigenvalue weighted by atomic mass is 10.0. The Morgan fingerprint density at radius 1 is 1.00 bits per heavy atom. The molecule has 0 aliphatic heterocycles. The monoisotopic (exact) mass is 360 g/mol. The van der Waals surface area contributed by atoms with Gasteiger partial charge in [-0.05, 0) is 73.1 Å². The normalized spacial score (nSPS) is 10.9. The van der Waals surface area contributed by atoms with Crippen LogP contribution in [0.2, 0.25) is 0 Å². The van der Waals surface area contributed by atoms with Crippen molar-refractivity contribution in [1.82, 2.24) is 3.97 Å². The van der Waals surface area contributed by atoms with Gasteiger partial charge in [0.1, 0.15) is 0 Å². The van der Waals surface area contributed by atoms with Crippen molar-refractivity contribution in [3.63, 3.8) is 0 Å². The number of thiophene rings is 1. The van der Waals surface area contributed by atoms with Gasteiger partial charge in [-0.25, -0.2) is 0 Å². The van der Waals surface area contributed by atoms with Gasteiger partial charge in [-0.2, -0.15) is 5.26 Å². The molecular formula is C21H16N2S2. The molecule has 0 atom stereocenters. The average molecular weight is 361 g/mol. The summed E-state index contributed by atoms with van der Waals surface area (Å²) in [6.07, 6.45) is 2.19. The Morgan fingerprint density at radius 2 is 1.80 bits per heavy atom. The smallest absolute Gasteiger partial charge is 0.0991 e. The number of hydrogen-bond donors (Lipinski definition) is 0. The Hall–Kier alpha value is -2.48. The quantitative estimate of drug-likeness (QED) is 0.422. The Kier molecular flexibility index (Phi) is 4.12. The van der Waals surface area contributed by atoms with Crippen molar-refractivity contribution < 1.29 is 0 Å². The van der Waals surface area contributed by atoms with Crippen LogP contribution in [0.4, 0.5) is 0 Å². The van der Waals surface area contributed by atoms with Gasteiger partial charge in [0, 0.05) is 26.9 Å². The molecular weight excluding hydrogens is 344 g/mol. The molecule has 0 unspecified atom stereocenters. The van der Waals surface area contributed by atoms with Crippen molar-refractivity contribution in [2.24, 2.45) is 0 Å². The van der Waals surface area contributed by atoms with Gasteiger partial charge in [-0.3, -0.25) is 3.97 Å². The summed E-state index contributed by atoms with van der Waals surface area (Å²) in [5.41, 5.74) is 5.51. The Morgan fingerprint density at radius 3 is 2.48 bits per heavy atom. The Bertz CT molecular complexity index is 1100. The van der Waals surface area contributed by atoms with Crippen LogP contribution in [-0.2, 0) is 0 Å². The van der Waals surface area contributed by atoms with E-state index in [-0.39, 0.29) is 0 Å². The van der Waals surface area contributed by atoms with E-state index in [2.05, 4.69) is 65.8 Å². The van der Waals surface area contributed by atoms with Crippen LogP contribution in [0.25, 0.3) is 22.0 Å². The molecule has 0 spiro atoms. The molecule has 0 amide bonds. The molecule has 25 heavy (non-hydrogen) atoms. The zero-order chi connectivity index (χ0) is 17.4. The van der Waals surface area contributed by atoms with Crippen molar-refractivity contribution in [2.75, 3.05) is 0 Å². The lowest BCUT2D eigenvalue weighted by Gasteiger charge is -2.04. The first kappa shape index (κ1) is 16.0. The molecule has 0 N–H and O–H groups in total. The van der Waals surface area contributed by atoms with Crippen LogP contribution >= 0.6 is 23.3 Å². The number of nitriles is 1. The van der Waals surface area contributed by atoms with Crippen molar-refractivity contribution in [3.05, 3.63) is 76.1 Å². The molecule has 2 nitrogen and oxygen atoms in total. The maximum absolute atomic E-state index is 9.28. The fraction of sp³-hybridized carbons (Fsp3) is 0.0952. The molecule has 0 fully saturated rings. The van der Waals surface area contributed by atoms with Gasteiger partial charge in [-0.1, -0.05) is 17.7 Å². The number of fused-ring (bicyclic) bond motifs is 1.